The molecule has 0 spiro atoms. The smallest absolute Gasteiger partial charge is 0.473 e. The summed E-state index contributed by atoms with van der Waals surface area (Å²) in [7, 11) is 0. The zero-order chi connectivity index (χ0) is 19.7. The first kappa shape index (κ1) is 18.3. The average Bonchev–Trinajstić information content (AvgIpc) is 3.04. The van der Waals surface area contributed by atoms with E-state index >= 15 is 0 Å². The quantitative estimate of drug-likeness (QED) is 0.630. The van der Waals surface area contributed by atoms with Crippen LogP contribution in [0.3, 0.4) is 0 Å². The van der Waals surface area contributed by atoms with Crippen LogP contribution in [0.25, 0.3) is 11.5 Å². The van der Waals surface area contributed by atoms with Crippen molar-refractivity contribution in [3.05, 3.63) is 54.0 Å². The third kappa shape index (κ3) is 4.24. The SMILES string of the molecule is Cc1cc(-c2cnc(OC3CC(c4ccc(OC(F)(F)F)cc4)C3)cn2)on1. The Labute approximate surface area is 158 Å². The second kappa shape index (κ2) is 7.14. The second-order valence-electron chi connectivity index (χ2n) is 6.60. The fourth-order valence-corrected chi connectivity index (χ4v) is 3.04. The lowest BCUT2D eigenvalue weighted by molar-refractivity contribution is -0.274. The molecule has 6 nitrogen and oxygen atoms in total. The molecule has 3 aromatic rings. The molecule has 146 valence electrons. The summed E-state index contributed by atoms with van der Waals surface area (Å²) in [6, 6.07) is 7.72. The number of halogens is 3. The van der Waals surface area contributed by atoms with Crippen molar-refractivity contribution in [2.75, 3.05) is 0 Å². The summed E-state index contributed by atoms with van der Waals surface area (Å²) in [5.41, 5.74) is 2.28. The van der Waals surface area contributed by atoms with Crippen molar-refractivity contribution in [3.63, 3.8) is 0 Å². The molecule has 1 saturated carbocycles. The van der Waals surface area contributed by atoms with Gasteiger partial charge in [0.15, 0.2) is 5.76 Å². The molecule has 1 aromatic carbocycles. The molecular formula is C19H16F3N3O3. The van der Waals surface area contributed by atoms with Gasteiger partial charge in [-0.2, -0.15) is 0 Å². The van der Waals surface area contributed by atoms with Gasteiger partial charge in [-0.25, -0.2) is 9.97 Å². The third-order valence-electron chi connectivity index (χ3n) is 4.48. The molecule has 0 N–H and O–H groups in total. The van der Waals surface area contributed by atoms with Gasteiger partial charge in [-0.3, -0.25) is 0 Å². The Morgan fingerprint density at radius 2 is 1.82 bits per heavy atom. The van der Waals surface area contributed by atoms with Gasteiger partial charge in [0.1, 0.15) is 17.5 Å². The lowest BCUT2D eigenvalue weighted by Gasteiger charge is -2.35. The third-order valence-corrected chi connectivity index (χ3v) is 4.48. The first-order chi connectivity index (χ1) is 13.4. The van der Waals surface area contributed by atoms with Crippen LogP contribution in [0.15, 0.2) is 47.2 Å². The van der Waals surface area contributed by atoms with Gasteiger partial charge >= 0.3 is 6.36 Å². The van der Waals surface area contributed by atoms with Crippen molar-refractivity contribution in [1.82, 2.24) is 15.1 Å². The van der Waals surface area contributed by atoms with E-state index in [1.807, 2.05) is 6.92 Å². The van der Waals surface area contributed by atoms with Crippen molar-refractivity contribution in [2.45, 2.75) is 38.1 Å². The molecule has 1 aliphatic rings. The normalized spacial score (nSPS) is 19.1. The highest BCUT2D eigenvalue weighted by Gasteiger charge is 2.33. The molecule has 0 bridgehead atoms. The monoisotopic (exact) mass is 391 g/mol. The number of hydrogen-bond acceptors (Lipinski definition) is 6. The minimum atomic E-state index is -4.68. The van der Waals surface area contributed by atoms with E-state index < -0.39 is 6.36 Å². The van der Waals surface area contributed by atoms with Crippen LogP contribution in [-0.4, -0.2) is 27.6 Å². The second-order valence-corrected chi connectivity index (χ2v) is 6.60. The zero-order valence-corrected chi connectivity index (χ0v) is 14.8. The van der Waals surface area contributed by atoms with E-state index in [-0.39, 0.29) is 17.8 Å². The maximum Gasteiger partial charge on any atom is 0.573 e. The maximum atomic E-state index is 12.2. The molecule has 0 saturated heterocycles. The molecule has 28 heavy (non-hydrogen) atoms. The summed E-state index contributed by atoms with van der Waals surface area (Å²) in [6.45, 7) is 1.82. The first-order valence-electron chi connectivity index (χ1n) is 8.64. The number of hydrogen-bond donors (Lipinski definition) is 0. The maximum absolute atomic E-state index is 12.2. The molecule has 0 unspecified atom stereocenters. The van der Waals surface area contributed by atoms with Crippen LogP contribution in [0.2, 0.25) is 0 Å². The molecule has 0 amide bonds. The van der Waals surface area contributed by atoms with Gasteiger partial charge in [0.05, 0.1) is 18.1 Å². The molecular weight excluding hydrogens is 375 g/mol. The molecule has 0 aliphatic heterocycles. The van der Waals surface area contributed by atoms with Gasteiger partial charge in [0.2, 0.25) is 5.88 Å². The minimum absolute atomic E-state index is 0.0104. The summed E-state index contributed by atoms with van der Waals surface area (Å²) in [6.07, 6.45) is -0.0910. The number of alkyl halides is 3. The van der Waals surface area contributed by atoms with Crippen LogP contribution < -0.4 is 9.47 Å². The van der Waals surface area contributed by atoms with Gasteiger partial charge in [-0.05, 0) is 43.4 Å². The highest BCUT2D eigenvalue weighted by atomic mass is 19.4. The summed E-state index contributed by atoms with van der Waals surface area (Å²) < 4.78 is 51.4. The molecule has 0 atom stereocenters. The van der Waals surface area contributed by atoms with Crippen LogP contribution >= 0.6 is 0 Å². The van der Waals surface area contributed by atoms with Crippen LogP contribution in [0.5, 0.6) is 11.6 Å². The Kier molecular flexibility index (Phi) is 4.66. The Hall–Kier alpha value is -3.10. The van der Waals surface area contributed by atoms with Crippen molar-refractivity contribution >= 4 is 0 Å². The summed E-state index contributed by atoms with van der Waals surface area (Å²) in [5.74, 6) is 0.964. The van der Waals surface area contributed by atoms with E-state index in [2.05, 4.69) is 19.9 Å². The number of rotatable bonds is 5. The summed E-state index contributed by atoms with van der Waals surface area (Å²) >= 11 is 0. The molecule has 2 heterocycles. The van der Waals surface area contributed by atoms with Crippen molar-refractivity contribution in [3.8, 4) is 23.1 Å². The van der Waals surface area contributed by atoms with E-state index in [9.17, 15) is 13.2 Å². The van der Waals surface area contributed by atoms with Crippen LogP contribution in [0.4, 0.5) is 13.2 Å². The van der Waals surface area contributed by atoms with E-state index in [4.69, 9.17) is 9.26 Å². The minimum Gasteiger partial charge on any atom is -0.473 e. The Bertz CT molecular complexity index is 934. The van der Waals surface area contributed by atoms with E-state index in [1.54, 1.807) is 24.4 Å². The molecule has 1 aliphatic carbocycles. The molecule has 0 radical (unpaired) electrons. The highest BCUT2D eigenvalue weighted by molar-refractivity contribution is 5.50. The van der Waals surface area contributed by atoms with E-state index in [0.717, 1.165) is 24.1 Å². The number of ether oxygens (including phenoxy) is 2. The van der Waals surface area contributed by atoms with Crippen LogP contribution in [0.1, 0.15) is 30.0 Å². The number of aromatic nitrogens is 3. The van der Waals surface area contributed by atoms with E-state index in [1.165, 1.54) is 18.3 Å². The fourth-order valence-electron chi connectivity index (χ4n) is 3.04. The van der Waals surface area contributed by atoms with Gasteiger partial charge in [-0.1, -0.05) is 17.3 Å². The van der Waals surface area contributed by atoms with Crippen molar-refractivity contribution in [1.29, 1.82) is 0 Å². The Morgan fingerprint density at radius 3 is 2.39 bits per heavy atom. The predicted molar refractivity (Wildman–Crippen MR) is 91.8 cm³/mol. The lowest BCUT2D eigenvalue weighted by atomic mass is 9.77. The fraction of sp³-hybridized carbons (Fsp3) is 0.316. The number of nitrogens with zero attached hydrogens (tertiary/aromatic N) is 3. The topological polar surface area (TPSA) is 70.3 Å². The zero-order valence-electron chi connectivity index (χ0n) is 14.8. The standard InChI is InChI=1S/C19H16F3N3O3/c1-11-6-17(28-25-11)16-9-24-18(10-23-16)26-15-7-13(8-15)12-2-4-14(5-3-12)27-19(20,21)22/h2-6,9-10,13,15H,7-8H2,1H3. The molecule has 2 aromatic heterocycles. The molecule has 9 heteroatoms. The molecule has 1 fully saturated rings. The van der Waals surface area contributed by atoms with Crippen molar-refractivity contribution in [2.24, 2.45) is 0 Å². The van der Waals surface area contributed by atoms with Gasteiger partial charge < -0.3 is 14.0 Å². The predicted octanol–water partition coefficient (Wildman–Crippen LogP) is 4.66. The Morgan fingerprint density at radius 1 is 1.07 bits per heavy atom. The van der Waals surface area contributed by atoms with Gasteiger partial charge in [0.25, 0.3) is 0 Å². The average molecular weight is 391 g/mol. The van der Waals surface area contributed by atoms with Crippen LogP contribution in [-0.2, 0) is 0 Å². The molecule has 4 rings (SSSR count). The highest BCUT2D eigenvalue weighted by Crippen LogP contribution is 2.39. The van der Waals surface area contributed by atoms with Gasteiger partial charge in [-0.15, -0.1) is 13.2 Å². The number of aryl methyl sites for hydroxylation is 1. The summed E-state index contributed by atoms with van der Waals surface area (Å²) in [5, 5.41) is 3.81. The first-order valence-corrected chi connectivity index (χ1v) is 8.64. The number of benzene rings is 1. The largest absolute Gasteiger partial charge is 0.573 e. The Balaban J connectivity index is 1.29. The van der Waals surface area contributed by atoms with Crippen molar-refractivity contribution < 1.29 is 27.2 Å². The lowest BCUT2D eigenvalue weighted by Crippen LogP contribution is -2.32. The van der Waals surface area contributed by atoms with Crippen LogP contribution in [0, 0.1) is 6.92 Å². The summed E-state index contributed by atoms with van der Waals surface area (Å²) in [4.78, 5) is 8.50. The van der Waals surface area contributed by atoms with E-state index in [0.29, 0.717) is 17.3 Å². The van der Waals surface area contributed by atoms with Gasteiger partial charge in [0, 0.05) is 6.07 Å².